The van der Waals surface area contributed by atoms with Gasteiger partial charge in [-0.2, -0.15) is 0 Å². The van der Waals surface area contributed by atoms with Crippen molar-refractivity contribution >= 4 is 17.7 Å². The van der Waals surface area contributed by atoms with Gasteiger partial charge in [0.25, 0.3) is 0 Å². The molecule has 0 unspecified atom stereocenters. The van der Waals surface area contributed by atoms with E-state index in [9.17, 15) is 14.4 Å². The number of hydrogen-bond acceptors (Lipinski definition) is 7. The number of ether oxygens (including phenoxy) is 4. The quantitative estimate of drug-likeness (QED) is 0.390. The molecular formula is C25H30O7. The zero-order chi connectivity index (χ0) is 23.8. The molecule has 2 aromatic rings. The van der Waals surface area contributed by atoms with Crippen molar-refractivity contribution in [2.24, 2.45) is 0 Å². The molecule has 0 saturated heterocycles. The molecule has 0 aromatic heterocycles. The van der Waals surface area contributed by atoms with Gasteiger partial charge in [0.15, 0.2) is 5.78 Å². The number of carbonyl (C=O) groups is 3. The highest BCUT2D eigenvalue weighted by atomic mass is 16.5. The van der Waals surface area contributed by atoms with E-state index in [0.29, 0.717) is 35.8 Å². The third-order valence-electron chi connectivity index (χ3n) is 4.64. The van der Waals surface area contributed by atoms with Crippen molar-refractivity contribution in [3.8, 4) is 11.5 Å². The molecule has 2 rings (SSSR count). The van der Waals surface area contributed by atoms with E-state index >= 15 is 0 Å². The number of esters is 2. The summed E-state index contributed by atoms with van der Waals surface area (Å²) in [4.78, 5) is 38.4. The lowest BCUT2D eigenvalue weighted by atomic mass is 9.95. The Hall–Kier alpha value is -3.35. The van der Waals surface area contributed by atoms with E-state index in [0.717, 1.165) is 0 Å². The van der Waals surface area contributed by atoms with Crippen molar-refractivity contribution in [1.29, 1.82) is 0 Å². The van der Waals surface area contributed by atoms with Crippen LogP contribution in [0.4, 0.5) is 0 Å². The van der Waals surface area contributed by atoms with Crippen molar-refractivity contribution in [3.63, 3.8) is 0 Å². The molecule has 2 aromatic carbocycles. The fourth-order valence-corrected chi connectivity index (χ4v) is 3.37. The van der Waals surface area contributed by atoms with Crippen LogP contribution in [-0.2, 0) is 9.47 Å². The molecule has 7 heteroatoms. The molecule has 0 spiro atoms. The second kappa shape index (κ2) is 11.3. The van der Waals surface area contributed by atoms with Gasteiger partial charge in [0.2, 0.25) is 0 Å². The first-order valence-electron chi connectivity index (χ1n) is 10.7. The minimum absolute atomic E-state index is 0.185. The summed E-state index contributed by atoms with van der Waals surface area (Å²) in [6, 6.07) is 6.25. The van der Waals surface area contributed by atoms with Crippen LogP contribution < -0.4 is 9.47 Å². The highest BCUT2D eigenvalue weighted by Crippen LogP contribution is 2.31. The lowest BCUT2D eigenvalue weighted by Gasteiger charge is -2.16. The average molecular weight is 443 g/mol. The van der Waals surface area contributed by atoms with Crippen molar-refractivity contribution in [2.45, 2.75) is 41.5 Å². The lowest BCUT2D eigenvalue weighted by Crippen LogP contribution is -2.14. The van der Waals surface area contributed by atoms with Crippen LogP contribution >= 0.6 is 0 Å². The predicted octanol–water partition coefficient (Wildman–Crippen LogP) is 4.69. The minimum Gasteiger partial charge on any atom is -0.493 e. The molecule has 0 bridgehead atoms. The van der Waals surface area contributed by atoms with Crippen molar-refractivity contribution < 1.29 is 33.3 Å². The number of aryl methyl sites for hydroxylation is 2. The summed E-state index contributed by atoms with van der Waals surface area (Å²) in [5.41, 5.74) is 2.21. The maximum atomic E-state index is 13.4. The van der Waals surface area contributed by atoms with Crippen LogP contribution in [0, 0.1) is 13.8 Å². The molecule has 0 atom stereocenters. The largest absolute Gasteiger partial charge is 0.493 e. The molecule has 0 aliphatic heterocycles. The fraction of sp³-hybridized carbons (Fsp3) is 0.400. The van der Waals surface area contributed by atoms with Gasteiger partial charge in [-0.15, -0.1) is 0 Å². The second-order valence-corrected chi connectivity index (χ2v) is 6.98. The summed E-state index contributed by atoms with van der Waals surface area (Å²) in [6.45, 7) is 11.7. The molecule has 7 nitrogen and oxygen atoms in total. The lowest BCUT2D eigenvalue weighted by molar-refractivity contribution is 0.0512. The van der Waals surface area contributed by atoms with Crippen LogP contribution in [0.3, 0.4) is 0 Å². The average Bonchev–Trinajstić information content (AvgIpc) is 2.76. The first kappa shape index (κ1) is 24.9. The fourth-order valence-electron chi connectivity index (χ4n) is 3.37. The summed E-state index contributed by atoms with van der Waals surface area (Å²) < 4.78 is 21.5. The Bertz CT molecular complexity index is 928. The molecule has 0 N–H and O–H groups in total. The molecule has 0 heterocycles. The molecule has 0 aliphatic carbocycles. The van der Waals surface area contributed by atoms with Crippen LogP contribution in [0.15, 0.2) is 24.3 Å². The van der Waals surface area contributed by atoms with Crippen LogP contribution in [-0.4, -0.2) is 44.1 Å². The Labute approximate surface area is 188 Å². The van der Waals surface area contributed by atoms with Gasteiger partial charge in [-0.25, -0.2) is 9.59 Å². The molecule has 0 fully saturated rings. The highest BCUT2D eigenvalue weighted by Gasteiger charge is 2.24. The molecule has 172 valence electrons. The van der Waals surface area contributed by atoms with Crippen LogP contribution in [0.2, 0.25) is 0 Å². The predicted molar refractivity (Wildman–Crippen MR) is 120 cm³/mol. The zero-order valence-corrected chi connectivity index (χ0v) is 19.5. The monoisotopic (exact) mass is 442 g/mol. The summed E-state index contributed by atoms with van der Waals surface area (Å²) >= 11 is 0. The normalized spacial score (nSPS) is 10.4. The van der Waals surface area contributed by atoms with E-state index in [1.807, 2.05) is 13.8 Å². The first-order chi connectivity index (χ1) is 15.3. The van der Waals surface area contributed by atoms with E-state index in [-0.39, 0.29) is 41.3 Å². The van der Waals surface area contributed by atoms with E-state index < -0.39 is 11.9 Å². The number of carbonyl (C=O) groups excluding carboxylic acids is 3. The van der Waals surface area contributed by atoms with E-state index in [2.05, 4.69) is 0 Å². The van der Waals surface area contributed by atoms with Gasteiger partial charge in [0.05, 0.1) is 26.4 Å². The van der Waals surface area contributed by atoms with Gasteiger partial charge in [0.1, 0.15) is 22.6 Å². The Morgan fingerprint density at radius 1 is 0.625 bits per heavy atom. The third kappa shape index (κ3) is 5.46. The van der Waals surface area contributed by atoms with Gasteiger partial charge in [0, 0.05) is 11.1 Å². The summed E-state index contributed by atoms with van der Waals surface area (Å²) in [5.74, 6) is -0.707. The minimum atomic E-state index is -0.566. The van der Waals surface area contributed by atoms with Gasteiger partial charge >= 0.3 is 11.9 Å². The van der Waals surface area contributed by atoms with Crippen LogP contribution in [0.5, 0.6) is 11.5 Å². The van der Waals surface area contributed by atoms with Crippen molar-refractivity contribution in [1.82, 2.24) is 0 Å². The third-order valence-corrected chi connectivity index (χ3v) is 4.64. The summed E-state index contributed by atoms with van der Waals surface area (Å²) in [7, 11) is 0. The number of rotatable bonds is 10. The standard InChI is InChI=1S/C25H30O7/c1-7-29-22-15(5)11-17(13-19(22)24(27)31-9-3)21(26)18-12-16(6)23(30-8-2)20(14-18)25(28)32-10-4/h11-14H,7-10H2,1-6H3. The van der Waals surface area contributed by atoms with Crippen molar-refractivity contribution in [3.05, 3.63) is 57.6 Å². The number of benzene rings is 2. The number of ketones is 1. The highest BCUT2D eigenvalue weighted by molar-refractivity contribution is 6.12. The van der Waals surface area contributed by atoms with Gasteiger partial charge in [-0.1, -0.05) is 0 Å². The first-order valence-corrected chi connectivity index (χ1v) is 10.7. The second-order valence-electron chi connectivity index (χ2n) is 6.98. The molecule has 0 amide bonds. The molecule has 0 aliphatic rings. The zero-order valence-electron chi connectivity index (χ0n) is 19.5. The van der Waals surface area contributed by atoms with Gasteiger partial charge in [-0.3, -0.25) is 4.79 Å². The van der Waals surface area contributed by atoms with E-state index in [1.54, 1.807) is 39.8 Å². The summed E-state index contributed by atoms with van der Waals surface area (Å²) in [6.07, 6.45) is 0. The van der Waals surface area contributed by atoms with Crippen LogP contribution in [0.25, 0.3) is 0 Å². The molecule has 0 radical (unpaired) electrons. The maximum Gasteiger partial charge on any atom is 0.341 e. The van der Waals surface area contributed by atoms with Gasteiger partial charge < -0.3 is 18.9 Å². The molecule has 0 saturated carbocycles. The van der Waals surface area contributed by atoms with Crippen molar-refractivity contribution in [2.75, 3.05) is 26.4 Å². The van der Waals surface area contributed by atoms with Gasteiger partial charge in [-0.05, 0) is 76.9 Å². The Morgan fingerprint density at radius 3 is 1.31 bits per heavy atom. The Kier molecular flexibility index (Phi) is 8.81. The summed E-state index contributed by atoms with van der Waals surface area (Å²) in [5, 5.41) is 0. The topological polar surface area (TPSA) is 88.1 Å². The van der Waals surface area contributed by atoms with E-state index in [4.69, 9.17) is 18.9 Å². The molecular weight excluding hydrogens is 412 g/mol. The molecule has 32 heavy (non-hydrogen) atoms. The Balaban J connectivity index is 2.61. The van der Waals surface area contributed by atoms with Crippen LogP contribution in [0.1, 0.15) is 75.5 Å². The SMILES string of the molecule is CCOC(=O)c1cc(C(=O)c2cc(C)c(OCC)c(C(=O)OCC)c2)cc(C)c1OCC. The number of hydrogen-bond donors (Lipinski definition) is 0. The smallest absolute Gasteiger partial charge is 0.341 e. The van der Waals surface area contributed by atoms with E-state index in [1.165, 1.54) is 12.1 Å². The Morgan fingerprint density at radius 2 is 1.00 bits per heavy atom. The maximum absolute atomic E-state index is 13.4.